The number of rotatable bonds is 6. The molecule has 26 heavy (non-hydrogen) atoms. The van der Waals surface area contributed by atoms with Crippen LogP contribution in [0.1, 0.15) is 6.42 Å². The Kier molecular flexibility index (Phi) is 5.04. The van der Waals surface area contributed by atoms with Gasteiger partial charge in [-0.1, -0.05) is 18.2 Å². The molecule has 0 amide bonds. The van der Waals surface area contributed by atoms with Crippen molar-refractivity contribution in [1.82, 2.24) is 15.5 Å². The molecule has 0 bridgehead atoms. The fourth-order valence-electron chi connectivity index (χ4n) is 3.43. The van der Waals surface area contributed by atoms with Gasteiger partial charge >= 0.3 is 0 Å². The minimum Gasteiger partial charge on any atom is -0.369 e. The maximum atomic E-state index is 5.55. The molecule has 1 fully saturated rings. The Morgan fingerprint density at radius 1 is 1.04 bits per heavy atom. The first-order valence-electron chi connectivity index (χ1n) is 9.33. The van der Waals surface area contributed by atoms with Gasteiger partial charge in [0.1, 0.15) is 0 Å². The zero-order chi connectivity index (χ0) is 17.8. The van der Waals surface area contributed by atoms with Crippen LogP contribution in [-0.4, -0.2) is 49.5 Å². The van der Waals surface area contributed by atoms with Crippen LogP contribution in [0.25, 0.3) is 22.0 Å². The van der Waals surface area contributed by atoms with Crippen LogP contribution in [0, 0.1) is 0 Å². The lowest BCUT2D eigenvalue weighted by Gasteiger charge is -2.29. The van der Waals surface area contributed by atoms with E-state index in [0.717, 1.165) is 55.9 Å². The number of benzene rings is 2. The molecule has 0 unspecified atom stereocenters. The van der Waals surface area contributed by atoms with E-state index < -0.39 is 0 Å². The van der Waals surface area contributed by atoms with Crippen molar-refractivity contribution >= 4 is 22.4 Å². The molecule has 2 aromatic carbocycles. The van der Waals surface area contributed by atoms with Crippen LogP contribution in [0.2, 0.25) is 0 Å². The third kappa shape index (κ3) is 3.52. The van der Waals surface area contributed by atoms with Crippen LogP contribution < -0.4 is 21.3 Å². The second-order valence-corrected chi connectivity index (χ2v) is 6.69. The molecule has 0 spiro atoms. The highest BCUT2D eigenvalue weighted by molar-refractivity contribution is 5.92. The van der Waals surface area contributed by atoms with Crippen molar-refractivity contribution in [1.29, 1.82) is 0 Å². The number of piperazine rings is 1. The third-order valence-electron chi connectivity index (χ3n) is 4.92. The lowest BCUT2D eigenvalue weighted by molar-refractivity contribution is 0.589. The Labute approximate surface area is 153 Å². The van der Waals surface area contributed by atoms with Crippen molar-refractivity contribution in [2.45, 2.75) is 6.42 Å². The van der Waals surface area contributed by atoms with Gasteiger partial charge in [-0.25, -0.2) is 0 Å². The number of nitrogens with zero attached hydrogens (tertiary/aromatic N) is 2. The highest BCUT2D eigenvalue weighted by Gasteiger charge is 2.11. The summed E-state index contributed by atoms with van der Waals surface area (Å²) in [6.45, 7) is 5.77. The van der Waals surface area contributed by atoms with Gasteiger partial charge in [0, 0.05) is 43.8 Å². The Bertz CT molecular complexity index is 848. The molecule has 1 aliphatic heterocycles. The van der Waals surface area contributed by atoms with Gasteiger partial charge in [-0.3, -0.25) is 5.10 Å². The van der Waals surface area contributed by atoms with Gasteiger partial charge in [0.2, 0.25) is 0 Å². The number of H-pyrrole nitrogens is 1. The lowest BCUT2D eigenvalue weighted by atomic mass is 10.0. The summed E-state index contributed by atoms with van der Waals surface area (Å²) in [5.74, 6) is 0.897. The zero-order valence-electron chi connectivity index (χ0n) is 15.0. The van der Waals surface area contributed by atoms with E-state index in [4.69, 9.17) is 5.73 Å². The molecule has 0 saturated carbocycles. The second kappa shape index (κ2) is 7.76. The molecule has 4 rings (SSSR count). The molecule has 5 N–H and O–H groups in total. The Balaban J connectivity index is 1.52. The van der Waals surface area contributed by atoms with Crippen molar-refractivity contribution in [3.8, 4) is 11.1 Å². The van der Waals surface area contributed by atoms with Gasteiger partial charge < -0.3 is 21.3 Å². The fourth-order valence-corrected chi connectivity index (χ4v) is 3.43. The van der Waals surface area contributed by atoms with E-state index >= 15 is 0 Å². The molecule has 0 aliphatic carbocycles. The van der Waals surface area contributed by atoms with Gasteiger partial charge in [0.25, 0.3) is 0 Å². The molecular formula is C20H26N6. The molecule has 1 aromatic heterocycles. The van der Waals surface area contributed by atoms with E-state index in [1.54, 1.807) is 0 Å². The molecule has 136 valence electrons. The quantitative estimate of drug-likeness (QED) is 0.513. The Morgan fingerprint density at radius 2 is 1.81 bits per heavy atom. The summed E-state index contributed by atoms with van der Waals surface area (Å²) in [5.41, 5.74) is 10.3. The van der Waals surface area contributed by atoms with Crippen LogP contribution in [0.3, 0.4) is 0 Å². The van der Waals surface area contributed by atoms with Crippen molar-refractivity contribution in [3.63, 3.8) is 0 Å². The zero-order valence-corrected chi connectivity index (χ0v) is 15.0. The number of hydrogen-bond donors (Lipinski definition) is 4. The van der Waals surface area contributed by atoms with Gasteiger partial charge in [-0.05, 0) is 48.4 Å². The van der Waals surface area contributed by atoms with E-state index in [0.29, 0.717) is 6.54 Å². The number of fused-ring (bicyclic) bond motifs is 1. The van der Waals surface area contributed by atoms with Crippen molar-refractivity contribution in [2.24, 2.45) is 5.73 Å². The molecule has 0 radical (unpaired) electrons. The van der Waals surface area contributed by atoms with Crippen molar-refractivity contribution in [3.05, 3.63) is 42.5 Å². The fraction of sp³-hybridized carbons (Fsp3) is 0.350. The summed E-state index contributed by atoms with van der Waals surface area (Å²) in [5, 5.41) is 15.4. The Hall–Kier alpha value is -2.57. The van der Waals surface area contributed by atoms with Gasteiger partial charge in [-0.15, -0.1) is 0 Å². The topological polar surface area (TPSA) is 82.0 Å². The normalized spacial score (nSPS) is 14.7. The van der Waals surface area contributed by atoms with Crippen molar-refractivity contribution < 1.29 is 0 Å². The first-order valence-corrected chi connectivity index (χ1v) is 9.33. The second-order valence-electron chi connectivity index (χ2n) is 6.69. The summed E-state index contributed by atoms with van der Waals surface area (Å²) in [7, 11) is 0. The number of nitrogens with two attached hydrogens (primary N) is 1. The maximum absolute atomic E-state index is 5.55. The summed E-state index contributed by atoms with van der Waals surface area (Å²) in [6.07, 6.45) is 0.936. The molecule has 6 heteroatoms. The van der Waals surface area contributed by atoms with Crippen LogP contribution in [0.15, 0.2) is 42.5 Å². The van der Waals surface area contributed by atoms with Gasteiger partial charge in [-0.2, -0.15) is 5.10 Å². The average molecular weight is 350 g/mol. The number of nitrogens with one attached hydrogen (secondary N) is 3. The summed E-state index contributed by atoms with van der Waals surface area (Å²) >= 11 is 0. The standard InChI is InChI=1S/C20H26N6/c21-8-1-9-23-20-18-7-4-16(14-19(18)24-25-20)15-2-5-17(6-3-15)26-12-10-22-11-13-26/h2-7,14,22H,1,8-13,21H2,(H2,23,24,25). The first kappa shape index (κ1) is 16.9. The number of aromatic nitrogens is 2. The number of anilines is 2. The van der Waals surface area contributed by atoms with E-state index in [-0.39, 0.29) is 0 Å². The maximum Gasteiger partial charge on any atom is 0.155 e. The monoisotopic (exact) mass is 350 g/mol. The number of hydrogen-bond acceptors (Lipinski definition) is 5. The van der Waals surface area contributed by atoms with Crippen LogP contribution in [-0.2, 0) is 0 Å². The summed E-state index contributed by atoms with van der Waals surface area (Å²) in [4.78, 5) is 2.43. The molecule has 2 heterocycles. The predicted octanol–water partition coefficient (Wildman–Crippen LogP) is 2.40. The molecule has 0 atom stereocenters. The highest BCUT2D eigenvalue weighted by Crippen LogP contribution is 2.28. The smallest absolute Gasteiger partial charge is 0.155 e. The average Bonchev–Trinajstić information content (AvgIpc) is 3.11. The van der Waals surface area contributed by atoms with E-state index in [2.05, 4.69) is 68.2 Å². The molecule has 1 saturated heterocycles. The summed E-state index contributed by atoms with van der Waals surface area (Å²) < 4.78 is 0. The molecule has 6 nitrogen and oxygen atoms in total. The predicted molar refractivity (Wildman–Crippen MR) is 109 cm³/mol. The highest BCUT2D eigenvalue weighted by atomic mass is 15.2. The van der Waals surface area contributed by atoms with E-state index in [1.165, 1.54) is 16.8 Å². The SMILES string of the molecule is NCCCNc1n[nH]c2cc(-c3ccc(N4CCNCC4)cc3)ccc12. The third-order valence-corrected chi connectivity index (χ3v) is 4.92. The minimum absolute atomic E-state index is 0.684. The van der Waals surface area contributed by atoms with Crippen LogP contribution >= 0.6 is 0 Å². The van der Waals surface area contributed by atoms with Crippen LogP contribution in [0.5, 0.6) is 0 Å². The minimum atomic E-state index is 0.684. The Morgan fingerprint density at radius 3 is 2.58 bits per heavy atom. The molecular weight excluding hydrogens is 324 g/mol. The number of aromatic amines is 1. The van der Waals surface area contributed by atoms with E-state index in [1.807, 2.05) is 0 Å². The lowest BCUT2D eigenvalue weighted by Crippen LogP contribution is -2.43. The molecule has 1 aliphatic rings. The first-order chi connectivity index (χ1) is 12.8. The largest absolute Gasteiger partial charge is 0.369 e. The van der Waals surface area contributed by atoms with Crippen molar-refractivity contribution in [2.75, 3.05) is 49.5 Å². The summed E-state index contributed by atoms with van der Waals surface area (Å²) in [6, 6.07) is 15.3. The van der Waals surface area contributed by atoms with Crippen LogP contribution in [0.4, 0.5) is 11.5 Å². The van der Waals surface area contributed by atoms with Gasteiger partial charge in [0.05, 0.1) is 5.52 Å². The molecule has 3 aromatic rings. The van der Waals surface area contributed by atoms with E-state index in [9.17, 15) is 0 Å². The van der Waals surface area contributed by atoms with Gasteiger partial charge in [0.15, 0.2) is 5.82 Å².